The van der Waals surface area contributed by atoms with Crippen LogP contribution in [-0.4, -0.2) is 41.6 Å². The van der Waals surface area contributed by atoms with Crippen molar-refractivity contribution < 1.29 is 32.0 Å². The fourth-order valence-electron chi connectivity index (χ4n) is 2.69. The van der Waals surface area contributed by atoms with Gasteiger partial charge < -0.3 is 33.3 Å². The fourth-order valence-corrected chi connectivity index (χ4v) is 4.24. The van der Waals surface area contributed by atoms with E-state index in [1.807, 2.05) is 11.8 Å². The SMILES string of the molecule is N[C-]=C(CNC(=O)CCCCC1SC[C@@H]2NC(=O)N[C@H]12)NN.[Au+]. The molecular formula is C13H23AuN6O2S. The van der Waals surface area contributed by atoms with Crippen molar-refractivity contribution in [2.75, 3.05) is 12.3 Å². The van der Waals surface area contributed by atoms with Crippen molar-refractivity contribution in [3.8, 4) is 0 Å². The Labute approximate surface area is 155 Å². The summed E-state index contributed by atoms with van der Waals surface area (Å²) >= 11 is 1.89. The molecule has 0 aromatic heterocycles. The molecule has 0 saturated carbocycles. The van der Waals surface area contributed by atoms with E-state index in [2.05, 4.69) is 27.6 Å². The van der Waals surface area contributed by atoms with Crippen LogP contribution in [0.5, 0.6) is 0 Å². The molecule has 0 aromatic carbocycles. The molecule has 0 aliphatic carbocycles. The number of unbranched alkanes of at least 4 members (excludes halogenated alkanes) is 1. The Morgan fingerprint density at radius 2 is 2.17 bits per heavy atom. The van der Waals surface area contributed by atoms with Crippen molar-refractivity contribution in [1.29, 1.82) is 0 Å². The average molecular weight is 524 g/mol. The second-order valence-corrected chi connectivity index (χ2v) is 6.68. The number of hydrogen-bond acceptors (Lipinski definition) is 6. The van der Waals surface area contributed by atoms with Crippen LogP contribution in [0.25, 0.3) is 0 Å². The predicted molar refractivity (Wildman–Crippen MR) is 85.2 cm³/mol. The fraction of sp³-hybridized carbons (Fsp3) is 0.692. The number of thioether (sulfide) groups is 1. The van der Waals surface area contributed by atoms with E-state index in [1.54, 1.807) is 0 Å². The molecule has 1 unspecified atom stereocenters. The quantitative estimate of drug-likeness (QED) is 0.0454. The van der Waals surface area contributed by atoms with Gasteiger partial charge in [-0.1, -0.05) is 6.42 Å². The molecule has 0 spiro atoms. The molecule has 2 heterocycles. The van der Waals surface area contributed by atoms with Crippen LogP contribution in [0.1, 0.15) is 25.7 Å². The molecule has 2 aliphatic rings. The molecule has 0 bridgehead atoms. The van der Waals surface area contributed by atoms with Gasteiger partial charge in [-0.05, 0) is 12.8 Å². The van der Waals surface area contributed by atoms with Gasteiger partial charge >= 0.3 is 28.4 Å². The van der Waals surface area contributed by atoms with Crippen LogP contribution >= 0.6 is 11.8 Å². The normalized spacial score (nSPS) is 25.9. The van der Waals surface area contributed by atoms with Gasteiger partial charge in [-0.2, -0.15) is 11.8 Å². The van der Waals surface area contributed by atoms with E-state index in [0.29, 0.717) is 17.4 Å². The first kappa shape index (κ1) is 20.2. The van der Waals surface area contributed by atoms with E-state index in [0.717, 1.165) is 25.0 Å². The molecule has 134 valence electrons. The van der Waals surface area contributed by atoms with Crippen LogP contribution in [0, 0.1) is 6.20 Å². The maximum atomic E-state index is 11.7. The Morgan fingerprint density at radius 3 is 2.87 bits per heavy atom. The molecule has 2 aliphatic heterocycles. The summed E-state index contributed by atoms with van der Waals surface area (Å²) in [5.74, 6) is 6.13. The third-order valence-electron chi connectivity index (χ3n) is 3.89. The van der Waals surface area contributed by atoms with Crippen LogP contribution in [0.15, 0.2) is 5.70 Å². The van der Waals surface area contributed by atoms with Gasteiger partial charge in [0.15, 0.2) is 0 Å². The minimum atomic E-state index is -0.0613. The molecule has 3 atom stereocenters. The van der Waals surface area contributed by atoms with Gasteiger partial charge in [-0.15, -0.1) is 5.70 Å². The first-order valence-corrected chi connectivity index (χ1v) is 8.43. The number of fused-ring (bicyclic) bond motifs is 1. The largest absolute Gasteiger partial charge is 1.00 e. The summed E-state index contributed by atoms with van der Waals surface area (Å²) in [6.07, 6.45) is 5.62. The number of hydrogen-bond donors (Lipinski definition) is 6. The van der Waals surface area contributed by atoms with Crippen molar-refractivity contribution in [1.82, 2.24) is 21.4 Å². The van der Waals surface area contributed by atoms with Gasteiger partial charge in [0.1, 0.15) is 0 Å². The minimum absolute atomic E-state index is 0. The Morgan fingerprint density at radius 1 is 1.39 bits per heavy atom. The summed E-state index contributed by atoms with van der Waals surface area (Å²) in [7, 11) is 0. The molecule has 2 rings (SSSR count). The first-order chi connectivity index (χ1) is 10.6. The zero-order valence-electron chi connectivity index (χ0n) is 12.7. The number of urea groups is 1. The number of rotatable bonds is 8. The number of nitrogens with two attached hydrogens (primary N) is 2. The molecule has 2 fully saturated rings. The smallest absolute Gasteiger partial charge is 0.578 e. The van der Waals surface area contributed by atoms with E-state index in [-0.39, 0.29) is 52.9 Å². The molecule has 0 aromatic rings. The zero-order valence-corrected chi connectivity index (χ0v) is 15.6. The molecule has 23 heavy (non-hydrogen) atoms. The van der Waals surface area contributed by atoms with E-state index >= 15 is 0 Å². The molecule has 10 heteroatoms. The number of carbonyl (C=O) groups is 2. The third-order valence-corrected chi connectivity index (χ3v) is 5.40. The summed E-state index contributed by atoms with van der Waals surface area (Å²) in [6, 6.07) is 0.427. The van der Waals surface area contributed by atoms with Crippen molar-refractivity contribution in [2.45, 2.75) is 43.0 Å². The maximum absolute atomic E-state index is 11.7. The Kier molecular flexibility index (Phi) is 8.85. The van der Waals surface area contributed by atoms with Crippen LogP contribution < -0.4 is 33.0 Å². The second kappa shape index (κ2) is 10.1. The zero-order chi connectivity index (χ0) is 15.9. The summed E-state index contributed by atoms with van der Waals surface area (Å²) in [4.78, 5) is 23.0. The summed E-state index contributed by atoms with van der Waals surface area (Å²) in [5, 5.41) is 9.06. The van der Waals surface area contributed by atoms with Gasteiger partial charge in [-0.25, -0.2) is 4.79 Å². The Bertz CT molecular complexity index is 450. The van der Waals surface area contributed by atoms with E-state index in [1.165, 1.54) is 0 Å². The maximum Gasteiger partial charge on any atom is 1.00 e. The molecular weight excluding hydrogens is 501 g/mol. The monoisotopic (exact) mass is 524 g/mol. The number of nitrogens with one attached hydrogen (secondary N) is 4. The van der Waals surface area contributed by atoms with Crippen molar-refractivity contribution >= 4 is 23.7 Å². The number of carbonyl (C=O) groups excluding carboxylic acids is 2. The van der Waals surface area contributed by atoms with E-state index in [4.69, 9.17) is 11.6 Å². The van der Waals surface area contributed by atoms with Crippen molar-refractivity contribution in [3.05, 3.63) is 11.9 Å². The first-order valence-electron chi connectivity index (χ1n) is 7.38. The summed E-state index contributed by atoms with van der Waals surface area (Å²) in [6.45, 7) is 0.256. The van der Waals surface area contributed by atoms with E-state index in [9.17, 15) is 9.59 Å². The summed E-state index contributed by atoms with van der Waals surface area (Å²) in [5.41, 5.74) is 8.00. The van der Waals surface area contributed by atoms with Crippen LogP contribution in [0.3, 0.4) is 0 Å². The van der Waals surface area contributed by atoms with Gasteiger partial charge in [-0.3, -0.25) is 10.6 Å². The van der Waals surface area contributed by atoms with Gasteiger partial charge in [0.2, 0.25) is 5.91 Å². The average Bonchev–Trinajstić information content (AvgIpc) is 3.04. The third kappa shape index (κ3) is 5.92. The molecule has 8 nitrogen and oxygen atoms in total. The van der Waals surface area contributed by atoms with Crippen LogP contribution in [-0.2, 0) is 27.2 Å². The molecule has 0 radical (unpaired) electrons. The van der Waals surface area contributed by atoms with Gasteiger partial charge in [0.25, 0.3) is 0 Å². The Balaban J connectivity index is 0.00000264. The standard InChI is InChI=1S/C13H23N6O2S.Au/c14-5-8(19-15)6-16-11(20)4-2-1-3-10-12-9(7-22-10)17-13(21)18-12;/h9-10,12,19H,1-4,6-7,14-15H2,(H,16,20)(H2,17,18,21);/q-1;+1/t9-,10?,12-;/m0./s1. The van der Waals surface area contributed by atoms with Gasteiger partial charge in [0.05, 0.1) is 12.1 Å². The van der Waals surface area contributed by atoms with Crippen molar-refractivity contribution in [3.63, 3.8) is 0 Å². The number of hydrazine groups is 1. The molecule has 3 amide bonds. The van der Waals surface area contributed by atoms with Crippen molar-refractivity contribution in [2.24, 2.45) is 11.6 Å². The number of amides is 3. The second-order valence-electron chi connectivity index (χ2n) is 5.41. The Hall–Kier alpha value is -0.870. The summed E-state index contributed by atoms with van der Waals surface area (Å²) < 4.78 is 0. The topological polar surface area (TPSA) is 134 Å². The molecule has 2 saturated heterocycles. The van der Waals surface area contributed by atoms with Crippen LogP contribution in [0.2, 0.25) is 0 Å². The van der Waals surface area contributed by atoms with E-state index < -0.39 is 0 Å². The van der Waals surface area contributed by atoms with Gasteiger partial charge in [0, 0.05) is 24.0 Å². The predicted octanol–water partition coefficient (Wildman–Crippen LogP) is -1.11. The minimum Gasteiger partial charge on any atom is -0.578 e. The van der Waals surface area contributed by atoms with Crippen LogP contribution in [0.4, 0.5) is 4.79 Å². The molecule has 8 N–H and O–H groups in total.